The molecule has 0 spiro atoms. The minimum Gasteiger partial charge on any atom is -0.325 e. The van der Waals surface area contributed by atoms with Crippen LogP contribution in [0, 0.1) is 11.3 Å². The average Bonchev–Trinajstić information content (AvgIpc) is 2.21. The number of hydrogen-bond donors (Lipinski definition) is 2. The monoisotopic (exact) mass is 203 g/mol. The number of nitrogens with two attached hydrogens (primary N) is 1. The smallest absolute Gasteiger partial charge is 0.240 e. The number of amides is 1. The van der Waals surface area contributed by atoms with E-state index >= 15 is 0 Å². The molecule has 0 fully saturated rings. The number of nitriles is 1. The fourth-order valence-electron chi connectivity index (χ4n) is 1.05. The van der Waals surface area contributed by atoms with Gasteiger partial charge in [-0.1, -0.05) is 12.1 Å². The molecule has 3 N–H and O–H groups in total. The van der Waals surface area contributed by atoms with Crippen molar-refractivity contribution < 1.29 is 4.79 Å². The van der Waals surface area contributed by atoms with Gasteiger partial charge in [-0.3, -0.25) is 4.79 Å². The van der Waals surface area contributed by atoms with Gasteiger partial charge in [0.2, 0.25) is 5.91 Å². The molecule has 1 amide bonds. The van der Waals surface area contributed by atoms with Crippen molar-refractivity contribution in [2.24, 2.45) is 5.73 Å². The summed E-state index contributed by atoms with van der Waals surface area (Å²) < 4.78 is 0. The molecule has 15 heavy (non-hydrogen) atoms. The summed E-state index contributed by atoms with van der Waals surface area (Å²) in [4.78, 5) is 11.2. The number of nitrogens with one attached hydrogen (secondary N) is 1. The first kappa shape index (κ1) is 11.2. The van der Waals surface area contributed by atoms with Gasteiger partial charge in [0, 0.05) is 5.69 Å². The number of carbonyl (C=O) groups excluding carboxylic acids is 1. The molecule has 1 unspecified atom stereocenters. The summed E-state index contributed by atoms with van der Waals surface area (Å²) in [5.41, 5.74) is 7.03. The van der Waals surface area contributed by atoms with Gasteiger partial charge in [-0.05, 0) is 24.6 Å². The topological polar surface area (TPSA) is 78.9 Å². The molecule has 4 nitrogen and oxygen atoms in total. The third kappa shape index (κ3) is 3.41. The molecule has 1 rings (SSSR count). The summed E-state index contributed by atoms with van der Waals surface area (Å²) in [6, 6.07) is 8.66. The number of nitrogens with zero attached hydrogens (tertiary/aromatic N) is 1. The summed E-state index contributed by atoms with van der Waals surface area (Å²) >= 11 is 0. The predicted octanol–water partition coefficient (Wildman–Crippen LogP) is 1.04. The fraction of sp³-hybridized carbons (Fsp3) is 0.273. The molecular weight excluding hydrogens is 190 g/mol. The molecule has 0 saturated carbocycles. The van der Waals surface area contributed by atoms with Crippen LogP contribution in [-0.2, 0) is 11.2 Å². The van der Waals surface area contributed by atoms with Gasteiger partial charge in [-0.25, -0.2) is 0 Å². The second-order valence-corrected chi connectivity index (χ2v) is 3.31. The molecule has 0 aromatic heterocycles. The molecular formula is C11H13N3O. The molecule has 0 aliphatic heterocycles. The van der Waals surface area contributed by atoms with E-state index in [9.17, 15) is 4.79 Å². The lowest BCUT2D eigenvalue weighted by Crippen LogP contribution is -2.32. The van der Waals surface area contributed by atoms with Crippen molar-refractivity contribution in [1.82, 2.24) is 0 Å². The SMILES string of the molecule is CC(N)C(=O)Nc1ccc(CC#N)cc1. The molecule has 0 radical (unpaired) electrons. The molecule has 4 heteroatoms. The summed E-state index contributed by atoms with van der Waals surface area (Å²) in [6.45, 7) is 1.62. The van der Waals surface area contributed by atoms with Crippen molar-refractivity contribution in [2.45, 2.75) is 19.4 Å². The molecule has 0 aliphatic rings. The van der Waals surface area contributed by atoms with E-state index in [-0.39, 0.29) is 5.91 Å². The molecule has 78 valence electrons. The third-order valence-electron chi connectivity index (χ3n) is 1.92. The average molecular weight is 203 g/mol. The van der Waals surface area contributed by atoms with Crippen LogP contribution < -0.4 is 11.1 Å². The van der Waals surface area contributed by atoms with Crippen LogP contribution in [-0.4, -0.2) is 11.9 Å². The zero-order valence-electron chi connectivity index (χ0n) is 8.53. The van der Waals surface area contributed by atoms with Crippen LogP contribution in [0.25, 0.3) is 0 Å². The van der Waals surface area contributed by atoms with Crippen molar-refractivity contribution in [3.8, 4) is 6.07 Å². The maximum absolute atomic E-state index is 11.2. The van der Waals surface area contributed by atoms with Crippen LogP contribution in [0.4, 0.5) is 5.69 Å². The Morgan fingerprint density at radius 2 is 2.13 bits per heavy atom. The van der Waals surface area contributed by atoms with Crippen LogP contribution in [0.1, 0.15) is 12.5 Å². The molecule has 1 aromatic carbocycles. The van der Waals surface area contributed by atoms with E-state index in [1.807, 2.05) is 0 Å². The lowest BCUT2D eigenvalue weighted by Gasteiger charge is -2.07. The van der Waals surface area contributed by atoms with Crippen molar-refractivity contribution in [1.29, 1.82) is 5.26 Å². The normalized spacial score (nSPS) is 11.5. The Kier molecular flexibility index (Phi) is 3.83. The highest BCUT2D eigenvalue weighted by molar-refractivity contribution is 5.94. The van der Waals surface area contributed by atoms with Crippen molar-refractivity contribution in [3.63, 3.8) is 0 Å². The lowest BCUT2D eigenvalue weighted by molar-refractivity contribution is -0.117. The first-order valence-electron chi connectivity index (χ1n) is 4.66. The van der Waals surface area contributed by atoms with E-state index in [0.29, 0.717) is 12.1 Å². The van der Waals surface area contributed by atoms with Gasteiger partial charge in [0.05, 0.1) is 18.5 Å². The Morgan fingerprint density at radius 3 is 2.60 bits per heavy atom. The van der Waals surface area contributed by atoms with Crippen LogP contribution in [0.3, 0.4) is 0 Å². The minimum absolute atomic E-state index is 0.219. The number of anilines is 1. The summed E-state index contributed by atoms with van der Waals surface area (Å²) in [6.07, 6.45) is 0.377. The summed E-state index contributed by atoms with van der Waals surface area (Å²) in [5.74, 6) is -0.219. The van der Waals surface area contributed by atoms with Crippen LogP contribution in [0.15, 0.2) is 24.3 Å². The Balaban J connectivity index is 2.65. The van der Waals surface area contributed by atoms with Gasteiger partial charge in [-0.2, -0.15) is 5.26 Å². The Morgan fingerprint density at radius 1 is 1.53 bits per heavy atom. The van der Waals surface area contributed by atoms with Gasteiger partial charge in [0.1, 0.15) is 0 Å². The Bertz CT molecular complexity index is 376. The van der Waals surface area contributed by atoms with Gasteiger partial charge in [0.15, 0.2) is 0 Å². The molecule has 0 bridgehead atoms. The molecule has 0 aliphatic carbocycles. The first-order valence-corrected chi connectivity index (χ1v) is 4.66. The van der Waals surface area contributed by atoms with Gasteiger partial charge in [-0.15, -0.1) is 0 Å². The zero-order valence-corrected chi connectivity index (χ0v) is 8.53. The highest BCUT2D eigenvalue weighted by Crippen LogP contribution is 2.09. The first-order chi connectivity index (χ1) is 7.13. The van der Waals surface area contributed by atoms with Gasteiger partial charge >= 0.3 is 0 Å². The molecule has 1 aromatic rings. The van der Waals surface area contributed by atoms with Crippen LogP contribution in [0.2, 0.25) is 0 Å². The van der Waals surface area contributed by atoms with E-state index in [1.165, 1.54) is 0 Å². The van der Waals surface area contributed by atoms with E-state index in [1.54, 1.807) is 31.2 Å². The fourth-order valence-corrected chi connectivity index (χ4v) is 1.05. The highest BCUT2D eigenvalue weighted by atomic mass is 16.2. The van der Waals surface area contributed by atoms with Crippen molar-refractivity contribution in [3.05, 3.63) is 29.8 Å². The van der Waals surface area contributed by atoms with E-state index in [4.69, 9.17) is 11.0 Å². The van der Waals surface area contributed by atoms with Crippen LogP contribution in [0.5, 0.6) is 0 Å². The lowest BCUT2D eigenvalue weighted by atomic mass is 10.1. The van der Waals surface area contributed by atoms with Gasteiger partial charge in [0.25, 0.3) is 0 Å². The zero-order chi connectivity index (χ0) is 11.3. The second-order valence-electron chi connectivity index (χ2n) is 3.31. The minimum atomic E-state index is -0.524. The summed E-state index contributed by atoms with van der Waals surface area (Å²) in [5, 5.41) is 11.1. The van der Waals surface area contributed by atoms with E-state index < -0.39 is 6.04 Å². The Hall–Kier alpha value is -1.86. The maximum atomic E-state index is 11.2. The molecule has 1 atom stereocenters. The van der Waals surface area contributed by atoms with Crippen LogP contribution >= 0.6 is 0 Å². The quantitative estimate of drug-likeness (QED) is 0.770. The number of hydrogen-bond acceptors (Lipinski definition) is 3. The maximum Gasteiger partial charge on any atom is 0.240 e. The predicted molar refractivity (Wildman–Crippen MR) is 58.0 cm³/mol. The third-order valence-corrected chi connectivity index (χ3v) is 1.92. The molecule has 0 saturated heterocycles. The number of benzene rings is 1. The summed E-state index contributed by atoms with van der Waals surface area (Å²) in [7, 11) is 0. The largest absolute Gasteiger partial charge is 0.325 e. The van der Waals surface area contributed by atoms with E-state index in [0.717, 1.165) is 5.56 Å². The van der Waals surface area contributed by atoms with Crippen molar-refractivity contribution in [2.75, 3.05) is 5.32 Å². The second kappa shape index (κ2) is 5.13. The van der Waals surface area contributed by atoms with Crippen molar-refractivity contribution >= 4 is 11.6 Å². The Labute approximate surface area is 88.7 Å². The highest BCUT2D eigenvalue weighted by Gasteiger charge is 2.06. The number of rotatable bonds is 3. The standard InChI is InChI=1S/C11H13N3O/c1-8(13)11(15)14-10-4-2-9(3-5-10)6-7-12/h2-5,8H,6,13H2,1H3,(H,14,15). The molecule has 0 heterocycles. The van der Waals surface area contributed by atoms with Gasteiger partial charge < -0.3 is 11.1 Å². The van der Waals surface area contributed by atoms with E-state index in [2.05, 4.69) is 11.4 Å². The number of carbonyl (C=O) groups is 1.